The van der Waals surface area contributed by atoms with Crippen LogP contribution in [0, 0.1) is 0 Å². The van der Waals surface area contributed by atoms with Gasteiger partial charge in [-0.1, -0.05) is 24.3 Å². The van der Waals surface area contributed by atoms with Crippen LogP contribution in [0.1, 0.15) is 35.7 Å². The van der Waals surface area contributed by atoms with Crippen molar-refractivity contribution in [3.8, 4) is 17.1 Å². The number of hydrogen-bond acceptors (Lipinski definition) is 4. The van der Waals surface area contributed by atoms with Crippen LogP contribution in [0.2, 0.25) is 0 Å². The molecule has 3 aromatic heterocycles. The Balaban J connectivity index is 1.34. The maximum absolute atomic E-state index is 5.52. The molecule has 5 nitrogen and oxygen atoms in total. The number of pyridine rings is 1. The molecule has 140 valence electrons. The molecule has 0 saturated carbocycles. The SMILES string of the molecule is c1ccc(-n2ncc3c2CCC[C@H]3NCc2cccc(-c3ccco3)c2)nc1. The van der Waals surface area contributed by atoms with E-state index in [9.17, 15) is 0 Å². The van der Waals surface area contributed by atoms with E-state index in [1.54, 1.807) is 6.26 Å². The first kappa shape index (κ1) is 17.0. The fourth-order valence-electron chi connectivity index (χ4n) is 3.96. The molecule has 1 N–H and O–H groups in total. The predicted molar refractivity (Wildman–Crippen MR) is 108 cm³/mol. The van der Waals surface area contributed by atoms with Gasteiger partial charge in [0.25, 0.3) is 0 Å². The maximum atomic E-state index is 5.52. The number of rotatable bonds is 5. The van der Waals surface area contributed by atoms with Gasteiger partial charge in [0.05, 0.1) is 18.2 Å². The van der Waals surface area contributed by atoms with Crippen LogP contribution in [0.3, 0.4) is 0 Å². The van der Waals surface area contributed by atoms with Crippen molar-refractivity contribution >= 4 is 0 Å². The summed E-state index contributed by atoms with van der Waals surface area (Å²) in [6.45, 7) is 0.813. The van der Waals surface area contributed by atoms with Gasteiger partial charge in [-0.25, -0.2) is 9.67 Å². The van der Waals surface area contributed by atoms with E-state index in [1.165, 1.54) is 16.8 Å². The van der Waals surface area contributed by atoms with Gasteiger partial charge in [0.1, 0.15) is 5.76 Å². The highest BCUT2D eigenvalue weighted by Gasteiger charge is 2.24. The van der Waals surface area contributed by atoms with E-state index in [0.717, 1.165) is 42.9 Å². The third kappa shape index (κ3) is 3.25. The van der Waals surface area contributed by atoms with E-state index < -0.39 is 0 Å². The second kappa shape index (κ2) is 7.44. The van der Waals surface area contributed by atoms with Crippen molar-refractivity contribution in [1.82, 2.24) is 20.1 Å². The maximum Gasteiger partial charge on any atom is 0.153 e. The third-order valence-corrected chi connectivity index (χ3v) is 5.33. The Labute approximate surface area is 164 Å². The largest absolute Gasteiger partial charge is 0.464 e. The Morgan fingerprint density at radius 3 is 2.96 bits per heavy atom. The first-order valence-corrected chi connectivity index (χ1v) is 9.73. The lowest BCUT2D eigenvalue weighted by molar-refractivity contribution is 0.454. The summed E-state index contributed by atoms with van der Waals surface area (Å²) in [5.41, 5.74) is 4.92. The smallest absolute Gasteiger partial charge is 0.153 e. The minimum Gasteiger partial charge on any atom is -0.464 e. The average Bonchev–Trinajstić information content (AvgIpc) is 3.43. The first-order valence-electron chi connectivity index (χ1n) is 9.73. The summed E-state index contributed by atoms with van der Waals surface area (Å²) in [5, 5.41) is 8.35. The Hall–Kier alpha value is -3.18. The summed E-state index contributed by atoms with van der Waals surface area (Å²) in [4.78, 5) is 4.45. The minimum absolute atomic E-state index is 0.313. The molecular weight excluding hydrogens is 348 g/mol. The highest BCUT2D eigenvalue weighted by molar-refractivity contribution is 5.58. The molecule has 5 rings (SSSR count). The van der Waals surface area contributed by atoms with Crippen LogP contribution in [-0.4, -0.2) is 14.8 Å². The van der Waals surface area contributed by atoms with Gasteiger partial charge in [-0.2, -0.15) is 5.10 Å². The molecule has 5 heteroatoms. The quantitative estimate of drug-likeness (QED) is 0.553. The van der Waals surface area contributed by atoms with Crippen molar-refractivity contribution < 1.29 is 4.42 Å². The van der Waals surface area contributed by atoms with E-state index >= 15 is 0 Å². The molecule has 4 aromatic rings. The lowest BCUT2D eigenvalue weighted by Gasteiger charge is -2.24. The molecule has 1 aromatic carbocycles. The second-order valence-electron chi connectivity index (χ2n) is 7.15. The monoisotopic (exact) mass is 370 g/mol. The highest BCUT2D eigenvalue weighted by Crippen LogP contribution is 2.31. The topological polar surface area (TPSA) is 55.9 Å². The van der Waals surface area contributed by atoms with E-state index in [1.807, 2.05) is 47.4 Å². The molecule has 0 saturated heterocycles. The van der Waals surface area contributed by atoms with E-state index in [-0.39, 0.29) is 0 Å². The zero-order valence-corrected chi connectivity index (χ0v) is 15.6. The molecule has 3 heterocycles. The van der Waals surface area contributed by atoms with E-state index in [0.29, 0.717) is 6.04 Å². The molecule has 1 aliphatic rings. The molecule has 0 spiro atoms. The van der Waals surface area contributed by atoms with Crippen LogP contribution in [0.4, 0.5) is 0 Å². The number of nitrogens with zero attached hydrogens (tertiary/aromatic N) is 3. The summed E-state index contributed by atoms with van der Waals surface area (Å²) in [7, 11) is 0. The standard InChI is InChI=1S/C23H22N4O/c1-2-12-24-23(11-1)27-21-9-4-8-20(19(21)16-26-27)25-15-17-6-3-7-18(14-17)22-10-5-13-28-22/h1-3,5-7,10-14,16,20,25H,4,8-9,15H2/t20-/m1/s1. The normalized spacial score (nSPS) is 16.1. The van der Waals surface area contributed by atoms with Crippen LogP contribution in [0.25, 0.3) is 17.1 Å². The summed E-state index contributed by atoms with van der Waals surface area (Å²) >= 11 is 0. The summed E-state index contributed by atoms with van der Waals surface area (Å²) in [6, 6.07) is 18.7. The number of nitrogens with one attached hydrogen (secondary N) is 1. The fourth-order valence-corrected chi connectivity index (χ4v) is 3.96. The Kier molecular flexibility index (Phi) is 4.51. The Morgan fingerprint density at radius 1 is 1.11 bits per heavy atom. The number of furan rings is 1. The van der Waals surface area contributed by atoms with Crippen molar-refractivity contribution in [2.45, 2.75) is 31.8 Å². The molecule has 0 fully saturated rings. The zero-order valence-electron chi connectivity index (χ0n) is 15.6. The zero-order chi connectivity index (χ0) is 18.8. The lowest BCUT2D eigenvalue weighted by Crippen LogP contribution is -2.25. The van der Waals surface area contributed by atoms with E-state index in [4.69, 9.17) is 4.42 Å². The molecular formula is C23H22N4O. The fraction of sp³-hybridized carbons (Fsp3) is 0.217. The van der Waals surface area contributed by atoms with Crippen molar-refractivity contribution in [2.24, 2.45) is 0 Å². The van der Waals surface area contributed by atoms with Crippen molar-refractivity contribution in [2.75, 3.05) is 0 Å². The van der Waals surface area contributed by atoms with Crippen LogP contribution < -0.4 is 5.32 Å². The van der Waals surface area contributed by atoms with Crippen LogP contribution in [-0.2, 0) is 13.0 Å². The van der Waals surface area contributed by atoms with Crippen molar-refractivity contribution in [3.05, 3.63) is 90.1 Å². The number of hydrogen-bond donors (Lipinski definition) is 1. The molecule has 0 bridgehead atoms. The average molecular weight is 370 g/mol. The third-order valence-electron chi connectivity index (χ3n) is 5.33. The van der Waals surface area contributed by atoms with Gasteiger partial charge in [0, 0.05) is 29.9 Å². The number of aromatic nitrogens is 3. The van der Waals surface area contributed by atoms with Crippen molar-refractivity contribution in [3.63, 3.8) is 0 Å². The van der Waals surface area contributed by atoms with Gasteiger partial charge in [-0.15, -0.1) is 0 Å². The molecule has 0 amide bonds. The van der Waals surface area contributed by atoms with Crippen LogP contribution in [0.5, 0.6) is 0 Å². The number of fused-ring (bicyclic) bond motifs is 1. The highest BCUT2D eigenvalue weighted by atomic mass is 16.3. The summed E-state index contributed by atoms with van der Waals surface area (Å²) < 4.78 is 7.51. The van der Waals surface area contributed by atoms with Crippen LogP contribution in [0.15, 0.2) is 77.7 Å². The van der Waals surface area contributed by atoms with Gasteiger partial charge in [-0.3, -0.25) is 0 Å². The molecule has 1 aliphatic carbocycles. The molecule has 0 radical (unpaired) electrons. The lowest BCUT2D eigenvalue weighted by atomic mass is 9.92. The first-order chi connectivity index (χ1) is 13.9. The molecule has 28 heavy (non-hydrogen) atoms. The Bertz CT molecular complexity index is 1050. The number of benzene rings is 1. The molecule has 0 unspecified atom stereocenters. The summed E-state index contributed by atoms with van der Waals surface area (Å²) in [5.74, 6) is 1.79. The summed E-state index contributed by atoms with van der Waals surface area (Å²) in [6.07, 6.45) is 8.84. The van der Waals surface area contributed by atoms with Crippen LogP contribution >= 0.6 is 0 Å². The van der Waals surface area contributed by atoms with Crippen molar-refractivity contribution in [1.29, 1.82) is 0 Å². The Morgan fingerprint density at radius 2 is 2.11 bits per heavy atom. The van der Waals surface area contributed by atoms with Gasteiger partial charge in [-0.05, 0) is 55.2 Å². The van der Waals surface area contributed by atoms with E-state index in [2.05, 4.69) is 39.7 Å². The molecule has 1 atom stereocenters. The predicted octanol–water partition coefficient (Wildman–Crippen LogP) is 4.69. The van der Waals surface area contributed by atoms with Gasteiger partial charge in [0.2, 0.25) is 0 Å². The van der Waals surface area contributed by atoms with Gasteiger partial charge < -0.3 is 9.73 Å². The molecule has 0 aliphatic heterocycles. The van der Waals surface area contributed by atoms with Gasteiger partial charge in [0.15, 0.2) is 5.82 Å². The van der Waals surface area contributed by atoms with Gasteiger partial charge >= 0.3 is 0 Å². The second-order valence-corrected chi connectivity index (χ2v) is 7.15. The minimum atomic E-state index is 0.313.